The maximum atomic E-state index is 12.1. The summed E-state index contributed by atoms with van der Waals surface area (Å²) in [5, 5.41) is 9.91. The summed E-state index contributed by atoms with van der Waals surface area (Å²) in [7, 11) is 0. The van der Waals surface area contributed by atoms with Crippen LogP contribution in [0.3, 0.4) is 0 Å². The standard InChI is InChI=1S/C18H20O2/c1-11-8-12-4-6-15-13(9-14(12)10-16(11)19)5-7-17(20)18(15,2)3/h5,7-10,15,19H,4,6H2,1-3H3/t15-/m1/s1. The van der Waals surface area contributed by atoms with Gasteiger partial charge in [0, 0.05) is 5.41 Å². The molecule has 0 aromatic heterocycles. The van der Waals surface area contributed by atoms with Crippen LogP contribution in [0.4, 0.5) is 0 Å². The van der Waals surface area contributed by atoms with Crippen LogP contribution in [0.1, 0.15) is 37.0 Å². The lowest BCUT2D eigenvalue weighted by molar-refractivity contribution is -0.124. The number of carbonyl (C=O) groups excluding carboxylic acids is 1. The van der Waals surface area contributed by atoms with E-state index >= 15 is 0 Å². The first-order chi connectivity index (χ1) is 9.39. The van der Waals surface area contributed by atoms with Gasteiger partial charge in [-0.25, -0.2) is 0 Å². The highest BCUT2D eigenvalue weighted by Crippen LogP contribution is 2.44. The van der Waals surface area contributed by atoms with Crippen molar-refractivity contribution in [3.05, 3.63) is 46.5 Å². The van der Waals surface area contributed by atoms with Gasteiger partial charge in [0.2, 0.25) is 0 Å². The monoisotopic (exact) mass is 268 g/mol. The minimum atomic E-state index is -0.334. The zero-order valence-electron chi connectivity index (χ0n) is 12.2. The van der Waals surface area contributed by atoms with Gasteiger partial charge in [0.05, 0.1) is 0 Å². The van der Waals surface area contributed by atoms with Gasteiger partial charge in [-0.15, -0.1) is 0 Å². The van der Waals surface area contributed by atoms with Gasteiger partial charge in [0.1, 0.15) is 5.75 Å². The average Bonchev–Trinajstić information content (AvgIpc) is 2.55. The SMILES string of the molecule is Cc1cc2c(cc1O)C=C1C=CC(=O)C(C)(C)[C@@H]1CC2. The van der Waals surface area contributed by atoms with Gasteiger partial charge in [-0.05, 0) is 60.1 Å². The highest BCUT2D eigenvalue weighted by molar-refractivity contribution is 5.97. The summed E-state index contributed by atoms with van der Waals surface area (Å²) in [5.41, 5.74) is 4.13. The molecule has 0 saturated carbocycles. The Morgan fingerprint density at radius 2 is 2.00 bits per heavy atom. The molecule has 104 valence electrons. The number of hydrogen-bond donors (Lipinski definition) is 1. The molecule has 0 amide bonds. The smallest absolute Gasteiger partial charge is 0.161 e. The van der Waals surface area contributed by atoms with Crippen LogP contribution in [0, 0.1) is 18.3 Å². The highest BCUT2D eigenvalue weighted by atomic mass is 16.3. The van der Waals surface area contributed by atoms with Gasteiger partial charge in [-0.2, -0.15) is 0 Å². The predicted octanol–water partition coefficient (Wildman–Crippen LogP) is 3.81. The molecule has 0 aliphatic heterocycles. The third-order valence-corrected chi connectivity index (χ3v) is 4.82. The Balaban J connectivity index is 2.13. The zero-order chi connectivity index (χ0) is 14.5. The molecule has 1 N–H and O–H groups in total. The molecule has 1 aromatic rings. The summed E-state index contributed by atoms with van der Waals surface area (Å²) in [6.07, 6.45) is 7.71. The van der Waals surface area contributed by atoms with Gasteiger partial charge in [0.15, 0.2) is 5.78 Å². The van der Waals surface area contributed by atoms with E-state index in [1.165, 1.54) is 11.1 Å². The Kier molecular flexibility index (Phi) is 2.86. The molecule has 2 aliphatic rings. The summed E-state index contributed by atoms with van der Waals surface area (Å²) in [6, 6.07) is 3.91. The molecule has 0 saturated heterocycles. The maximum Gasteiger partial charge on any atom is 0.161 e. The lowest BCUT2D eigenvalue weighted by Gasteiger charge is -2.35. The predicted molar refractivity (Wildman–Crippen MR) is 80.6 cm³/mol. The minimum absolute atomic E-state index is 0.213. The van der Waals surface area contributed by atoms with Gasteiger partial charge in [-0.3, -0.25) is 4.79 Å². The second kappa shape index (κ2) is 4.34. The molecule has 1 aromatic carbocycles. The van der Waals surface area contributed by atoms with Crippen molar-refractivity contribution in [2.24, 2.45) is 11.3 Å². The summed E-state index contributed by atoms with van der Waals surface area (Å²) in [5.74, 6) is 0.814. The van der Waals surface area contributed by atoms with Crippen molar-refractivity contribution >= 4 is 11.9 Å². The molecule has 2 nitrogen and oxygen atoms in total. The zero-order valence-corrected chi connectivity index (χ0v) is 12.2. The Morgan fingerprint density at radius 1 is 1.25 bits per heavy atom. The number of aromatic hydroxyl groups is 1. The number of phenolic OH excluding ortho intramolecular Hbond substituents is 1. The molecular formula is C18H20O2. The normalized spacial score (nSPS) is 23.6. The van der Waals surface area contributed by atoms with Crippen molar-refractivity contribution in [1.82, 2.24) is 0 Å². The van der Waals surface area contributed by atoms with E-state index < -0.39 is 0 Å². The number of phenols is 1. The molecule has 3 rings (SSSR count). The van der Waals surface area contributed by atoms with E-state index in [4.69, 9.17) is 0 Å². The Morgan fingerprint density at radius 3 is 2.75 bits per heavy atom. The van der Waals surface area contributed by atoms with Crippen LogP contribution in [0.2, 0.25) is 0 Å². The van der Waals surface area contributed by atoms with Crippen molar-refractivity contribution < 1.29 is 9.90 Å². The fourth-order valence-electron chi connectivity index (χ4n) is 3.37. The van der Waals surface area contributed by atoms with Crippen molar-refractivity contribution in [3.8, 4) is 5.75 Å². The fraction of sp³-hybridized carbons (Fsp3) is 0.389. The molecule has 20 heavy (non-hydrogen) atoms. The van der Waals surface area contributed by atoms with Gasteiger partial charge in [0.25, 0.3) is 0 Å². The number of carbonyl (C=O) groups is 1. The second-order valence-corrected chi connectivity index (χ2v) is 6.49. The topological polar surface area (TPSA) is 37.3 Å². The second-order valence-electron chi connectivity index (χ2n) is 6.49. The average molecular weight is 268 g/mol. The Labute approximate surface area is 119 Å². The van der Waals surface area contributed by atoms with Crippen molar-refractivity contribution in [3.63, 3.8) is 0 Å². The number of ketones is 1. The lowest BCUT2D eigenvalue weighted by Crippen LogP contribution is -2.35. The third-order valence-electron chi connectivity index (χ3n) is 4.82. The van der Waals surface area contributed by atoms with Crippen molar-refractivity contribution in [2.45, 2.75) is 33.6 Å². The van der Waals surface area contributed by atoms with E-state index in [9.17, 15) is 9.90 Å². The summed E-state index contributed by atoms with van der Waals surface area (Å²) < 4.78 is 0. The molecule has 1 atom stereocenters. The van der Waals surface area contributed by atoms with E-state index in [1.54, 1.807) is 6.08 Å². The Hall–Kier alpha value is -1.83. The van der Waals surface area contributed by atoms with Crippen molar-refractivity contribution in [2.75, 3.05) is 0 Å². The lowest BCUT2D eigenvalue weighted by atomic mass is 9.67. The van der Waals surface area contributed by atoms with Crippen LogP contribution >= 0.6 is 0 Å². The molecule has 2 aliphatic carbocycles. The quantitative estimate of drug-likeness (QED) is 0.777. The number of allylic oxidation sites excluding steroid dienone is 3. The number of fused-ring (bicyclic) bond motifs is 2. The van der Waals surface area contributed by atoms with Crippen LogP contribution < -0.4 is 0 Å². The number of rotatable bonds is 0. The fourth-order valence-corrected chi connectivity index (χ4v) is 3.37. The molecule has 2 heteroatoms. The summed E-state index contributed by atoms with van der Waals surface area (Å²) in [6.45, 7) is 6.00. The molecule has 0 fully saturated rings. The van der Waals surface area contributed by atoms with Gasteiger partial charge >= 0.3 is 0 Å². The Bertz CT molecular complexity index is 648. The first kappa shape index (κ1) is 13.2. The van der Waals surface area contributed by atoms with E-state index in [1.807, 2.05) is 32.9 Å². The first-order valence-electron chi connectivity index (χ1n) is 7.16. The number of aryl methyl sites for hydroxylation is 2. The largest absolute Gasteiger partial charge is 0.508 e. The molecular weight excluding hydrogens is 248 g/mol. The summed E-state index contributed by atoms with van der Waals surface area (Å²) >= 11 is 0. The third kappa shape index (κ3) is 1.91. The summed E-state index contributed by atoms with van der Waals surface area (Å²) in [4.78, 5) is 12.1. The number of benzene rings is 1. The van der Waals surface area contributed by atoms with Crippen LogP contribution in [-0.4, -0.2) is 10.9 Å². The van der Waals surface area contributed by atoms with E-state index in [0.717, 1.165) is 24.0 Å². The van der Waals surface area contributed by atoms with Crippen LogP contribution in [0.25, 0.3) is 6.08 Å². The van der Waals surface area contributed by atoms with Gasteiger partial charge < -0.3 is 5.11 Å². The van der Waals surface area contributed by atoms with E-state index in [0.29, 0.717) is 5.75 Å². The van der Waals surface area contributed by atoms with Crippen LogP contribution in [0.5, 0.6) is 5.75 Å². The minimum Gasteiger partial charge on any atom is -0.508 e. The molecule has 0 radical (unpaired) electrons. The maximum absolute atomic E-state index is 12.1. The van der Waals surface area contributed by atoms with Crippen LogP contribution in [0.15, 0.2) is 29.9 Å². The van der Waals surface area contributed by atoms with E-state index in [2.05, 4.69) is 12.1 Å². The molecule has 0 bridgehead atoms. The molecule has 0 spiro atoms. The number of hydrogen-bond acceptors (Lipinski definition) is 2. The van der Waals surface area contributed by atoms with E-state index in [-0.39, 0.29) is 17.1 Å². The first-order valence-corrected chi connectivity index (χ1v) is 7.16. The molecule has 0 heterocycles. The van der Waals surface area contributed by atoms with Crippen molar-refractivity contribution in [1.29, 1.82) is 0 Å². The molecule has 0 unspecified atom stereocenters. The highest BCUT2D eigenvalue weighted by Gasteiger charge is 2.39. The van der Waals surface area contributed by atoms with Gasteiger partial charge in [-0.1, -0.05) is 32.1 Å². The van der Waals surface area contributed by atoms with Crippen LogP contribution in [-0.2, 0) is 11.2 Å².